The zero-order valence-corrected chi connectivity index (χ0v) is 12.4. The van der Waals surface area contributed by atoms with Gasteiger partial charge < -0.3 is 15.7 Å². The van der Waals surface area contributed by atoms with Crippen LogP contribution in [0, 0.1) is 0 Å². The van der Waals surface area contributed by atoms with Crippen LogP contribution in [-0.2, 0) is 6.54 Å². The highest BCUT2D eigenvalue weighted by Crippen LogP contribution is 2.28. The molecule has 0 saturated carbocycles. The standard InChI is InChI=1S/C15H18N2O2S/c1-10(2)17(9-12-4-3-7-20-12)14-6-5-11(15(18)19)8-13(14)16/h3-8,10H,9,16H2,1-2H3,(H,18,19). The number of rotatable bonds is 5. The van der Waals surface area contributed by atoms with Crippen LogP contribution in [0.4, 0.5) is 11.4 Å². The van der Waals surface area contributed by atoms with Crippen molar-refractivity contribution in [3.05, 3.63) is 46.2 Å². The van der Waals surface area contributed by atoms with Crippen molar-refractivity contribution in [2.75, 3.05) is 10.6 Å². The summed E-state index contributed by atoms with van der Waals surface area (Å²) in [4.78, 5) is 14.4. The van der Waals surface area contributed by atoms with E-state index in [9.17, 15) is 4.79 Å². The molecule has 0 fully saturated rings. The van der Waals surface area contributed by atoms with Gasteiger partial charge in [-0.2, -0.15) is 0 Å². The van der Waals surface area contributed by atoms with Gasteiger partial charge in [-0.1, -0.05) is 6.07 Å². The molecule has 0 aliphatic rings. The van der Waals surface area contributed by atoms with Crippen molar-refractivity contribution in [3.8, 4) is 0 Å². The molecule has 5 heteroatoms. The summed E-state index contributed by atoms with van der Waals surface area (Å²) in [7, 11) is 0. The molecule has 0 aliphatic carbocycles. The van der Waals surface area contributed by atoms with Gasteiger partial charge in [0, 0.05) is 10.9 Å². The van der Waals surface area contributed by atoms with Crippen LogP contribution in [-0.4, -0.2) is 17.1 Å². The first kappa shape index (κ1) is 14.4. The zero-order valence-electron chi connectivity index (χ0n) is 11.5. The summed E-state index contributed by atoms with van der Waals surface area (Å²) in [5.74, 6) is -0.961. The minimum atomic E-state index is -0.961. The van der Waals surface area contributed by atoms with Crippen molar-refractivity contribution in [1.29, 1.82) is 0 Å². The van der Waals surface area contributed by atoms with Gasteiger partial charge in [0.05, 0.1) is 23.5 Å². The van der Waals surface area contributed by atoms with Crippen LogP contribution < -0.4 is 10.6 Å². The number of carboxylic acid groups (broad SMARTS) is 1. The maximum absolute atomic E-state index is 11.0. The Bertz CT molecular complexity index is 594. The van der Waals surface area contributed by atoms with Crippen LogP contribution in [0.5, 0.6) is 0 Å². The number of nitrogens with zero attached hydrogens (tertiary/aromatic N) is 1. The number of carbonyl (C=O) groups is 1. The Morgan fingerprint density at radius 2 is 2.15 bits per heavy atom. The number of hydrogen-bond donors (Lipinski definition) is 2. The quantitative estimate of drug-likeness (QED) is 0.828. The Morgan fingerprint density at radius 1 is 1.40 bits per heavy atom. The smallest absolute Gasteiger partial charge is 0.335 e. The van der Waals surface area contributed by atoms with E-state index in [1.807, 2.05) is 11.4 Å². The topological polar surface area (TPSA) is 66.6 Å². The van der Waals surface area contributed by atoms with Crippen LogP contribution in [0.3, 0.4) is 0 Å². The van der Waals surface area contributed by atoms with Crippen LogP contribution >= 0.6 is 11.3 Å². The molecule has 0 aliphatic heterocycles. The Labute approximate surface area is 122 Å². The summed E-state index contributed by atoms with van der Waals surface area (Å²) in [6, 6.07) is 9.28. The van der Waals surface area contributed by atoms with Crippen molar-refractivity contribution < 1.29 is 9.90 Å². The van der Waals surface area contributed by atoms with Gasteiger partial charge >= 0.3 is 5.97 Å². The van der Waals surface area contributed by atoms with Gasteiger partial charge in [-0.3, -0.25) is 0 Å². The maximum Gasteiger partial charge on any atom is 0.335 e. The second-order valence-electron chi connectivity index (χ2n) is 4.88. The molecule has 1 heterocycles. The monoisotopic (exact) mass is 290 g/mol. The molecule has 0 spiro atoms. The van der Waals surface area contributed by atoms with Gasteiger partial charge in [-0.15, -0.1) is 11.3 Å². The highest BCUT2D eigenvalue weighted by Gasteiger charge is 2.16. The largest absolute Gasteiger partial charge is 0.478 e. The fourth-order valence-electron chi connectivity index (χ4n) is 2.07. The Morgan fingerprint density at radius 3 is 2.65 bits per heavy atom. The fourth-order valence-corrected chi connectivity index (χ4v) is 2.77. The number of nitrogen functional groups attached to an aromatic ring is 1. The lowest BCUT2D eigenvalue weighted by atomic mass is 10.1. The third-order valence-corrected chi connectivity index (χ3v) is 3.97. The van der Waals surface area contributed by atoms with Gasteiger partial charge in [-0.25, -0.2) is 4.79 Å². The van der Waals surface area contributed by atoms with Crippen molar-refractivity contribution >= 4 is 28.7 Å². The van der Waals surface area contributed by atoms with Gasteiger partial charge in [-0.05, 0) is 43.5 Å². The molecule has 0 atom stereocenters. The summed E-state index contributed by atoms with van der Waals surface area (Å²) in [5, 5.41) is 11.0. The average Bonchev–Trinajstić information content (AvgIpc) is 2.89. The van der Waals surface area contributed by atoms with E-state index >= 15 is 0 Å². The van der Waals surface area contributed by atoms with E-state index in [2.05, 4.69) is 24.8 Å². The van der Waals surface area contributed by atoms with E-state index in [1.165, 1.54) is 10.9 Å². The number of thiophene rings is 1. The summed E-state index contributed by atoms with van der Waals surface area (Å²) in [6.07, 6.45) is 0. The second kappa shape index (κ2) is 5.96. The van der Waals surface area contributed by atoms with Gasteiger partial charge in [0.15, 0.2) is 0 Å². The van der Waals surface area contributed by atoms with E-state index in [0.717, 1.165) is 12.2 Å². The number of anilines is 2. The molecule has 2 aromatic rings. The molecule has 106 valence electrons. The SMILES string of the molecule is CC(C)N(Cc1cccs1)c1ccc(C(=O)O)cc1N. The lowest BCUT2D eigenvalue weighted by Crippen LogP contribution is -2.30. The molecule has 20 heavy (non-hydrogen) atoms. The van der Waals surface area contributed by atoms with E-state index in [1.54, 1.807) is 23.5 Å². The van der Waals surface area contributed by atoms with Crippen LogP contribution in [0.25, 0.3) is 0 Å². The van der Waals surface area contributed by atoms with E-state index < -0.39 is 5.97 Å². The molecule has 3 N–H and O–H groups in total. The van der Waals surface area contributed by atoms with Gasteiger partial charge in [0.1, 0.15) is 0 Å². The van der Waals surface area contributed by atoms with Crippen LogP contribution in [0.2, 0.25) is 0 Å². The first-order valence-electron chi connectivity index (χ1n) is 6.41. The highest BCUT2D eigenvalue weighted by atomic mass is 32.1. The molecule has 1 aromatic carbocycles. The minimum absolute atomic E-state index is 0.214. The second-order valence-corrected chi connectivity index (χ2v) is 5.91. The number of aromatic carboxylic acids is 1. The third kappa shape index (κ3) is 3.11. The number of benzene rings is 1. The van der Waals surface area contributed by atoms with Crippen molar-refractivity contribution in [2.24, 2.45) is 0 Å². The van der Waals surface area contributed by atoms with Crippen LogP contribution in [0.15, 0.2) is 35.7 Å². The Kier molecular flexibility index (Phi) is 4.29. The van der Waals surface area contributed by atoms with Crippen molar-refractivity contribution in [1.82, 2.24) is 0 Å². The summed E-state index contributed by atoms with van der Waals surface area (Å²) in [6.45, 7) is 4.96. The predicted molar refractivity (Wildman–Crippen MR) is 83.5 cm³/mol. The minimum Gasteiger partial charge on any atom is -0.478 e. The molecule has 0 unspecified atom stereocenters. The summed E-state index contributed by atoms with van der Waals surface area (Å²) in [5.41, 5.74) is 7.61. The normalized spacial score (nSPS) is 10.8. The average molecular weight is 290 g/mol. The molecular formula is C15H18N2O2S. The fraction of sp³-hybridized carbons (Fsp3) is 0.267. The zero-order chi connectivity index (χ0) is 14.7. The first-order chi connectivity index (χ1) is 9.49. The molecule has 1 aromatic heterocycles. The Balaban J connectivity index is 2.32. The molecule has 2 rings (SSSR count). The van der Waals surface area contributed by atoms with Crippen molar-refractivity contribution in [2.45, 2.75) is 26.4 Å². The maximum atomic E-state index is 11.0. The van der Waals surface area contributed by atoms with Crippen molar-refractivity contribution in [3.63, 3.8) is 0 Å². The third-order valence-electron chi connectivity index (χ3n) is 3.11. The molecule has 0 bridgehead atoms. The Hall–Kier alpha value is -2.01. The molecule has 4 nitrogen and oxygen atoms in total. The first-order valence-corrected chi connectivity index (χ1v) is 7.29. The number of nitrogens with two attached hydrogens (primary N) is 1. The summed E-state index contributed by atoms with van der Waals surface area (Å²) < 4.78 is 0. The molecule has 0 saturated heterocycles. The molecule has 0 amide bonds. The lowest BCUT2D eigenvalue weighted by molar-refractivity contribution is 0.0697. The number of carboxylic acids is 1. The highest BCUT2D eigenvalue weighted by molar-refractivity contribution is 7.09. The predicted octanol–water partition coefficient (Wildman–Crippen LogP) is 3.44. The van der Waals surface area contributed by atoms with Gasteiger partial charge in [0.25, 0.3) is 0 Å². The lowest BCUT2D eigenvalue weighted by Gasteiger charge is -2.29. The van der Waals surface area contributed by atoms with E-state index in [-0.39, 0.29) is 11.6 Å². The molecular weight excluding hydrogens is 272 g/mol. The van der Waals surface area contributed by atoms with E-state index in [0.29, 0.717) is 5.69 Å². The number of hydrogen-bond acceptors (Lipinski definition) is 4. The van der Waals surface area contributed by atoms with E-state index in [4.69, 9.17) is 10.8 Å². The van der Waals surface area contributed by atoms with Crippen LogP contribution in [0.1, 0.15) is 29.1 Å². The van der Waals surface area contributed by atoms with Gasteiger partial charge in [0.2, 0.25) is 0 Å². The summed E-state index contributed by atoms with van der Waals surface area (Å²) >= 11 is 1.70. The molecule has 0 radical (unpaired) electrons.